The fourth-order valence-electron chi connectivity index (χ4n) is 5.88. The van der Waals surface area contributed by atoms with Gasteiger partial charge in [-0.2, -0.15) is 0 Å². The fraction of sp³-hybridized carbons (Fsp3) is 0.778. The Kier molecular flexibility index (Phi) is 13.3. The van der Waals surface area contributed by atoms with Crippen LogP contribution in [0.3, 0.4) is 0 Å². The first-order chi connectivity index (χ1) is 18.9. The molecule has 1 aromatic carbocycles. The predicted octanol–water partition coefficient (Wildman–Crippen LogP) is 8.35. The van der Waals surface area contributed by atoms with E-state index in [0.717, 1.165) is 36.0 Å². The van der Waals surface area contributed by atoms with Crippen molar-refractivity contribution in [3.8, 4) is 0 Å². The van der Waals surface area contributed by atoms with Gasteiger partial charge < -0.3 is 18.7 Å². The van der Waals surface area contributed by atoms with Crippen molar-refractivity contribution >= 4 is 11.9 Å². The van der Waals surface area contributed by atoms with Crippen molar-refractivity contribution in [3.05, 3.63) is 35.4 Å². The molecule has 0 heterocycles. The molecule has 0 aliphatic rings. The van der Waals surface area contributed by atoms with Crippen LogP contribution in [0.4, 0.5) is 0 Å². The third-order valence-electron chi connectivity index (χ3n) is 8.03. The molecule has 42 heavy (non-hydrogen) atoms. The minimum Gasteiger partial charge on any atom is -0.464 e. The second-order valence-corrected chi connectivity index (χ2v) is 16.7. The highest BCUT2D eigenvalue weighted by Gasteiger charge is 2.40. The summed E-state index contributed by atoms with van der Waals surface area (Å²) >= 11 is 0. The number of benzene rings is 1. The molecule has 6 heteroatoms. The van der Waals surface area contributed by atoms with E-state index in [1.165, 1.54) is 18.4 Å². The van der Waals surface area contributed by atoms with Crippen molar-refractivity contribution < 1.29 is 28.3 Å². The molecule has 0 fully saturated rings. The number of carbonyl (C=O) groups is 2. The van der Waals surface area contributed by atoms with Crippen LogP contribution in [-0.2, 0) is 37.0 Å². The van der Waals surface area contributed by atoms with Crippen LogP contribution in [0.25, 0.3) is 0 Å². The average molecular weight is 591 g/mol. The molecule has 1 unspecified atom stereocenters. The van der Waals surface area contributed by atoms with Gasteiger partial charge in [0.1, 0.15) is 25.2 Å². The Morgan fingerprint density at radius 2 is 1.29 bits per heavy atom. The van der Waals surface area contributed by atoms with E-state index in [4.69, 9.17) is 14.2 Å². The van der Waals surface area contributed by atoms with E-state index in [1.807, 2.05) is 26.0 Å². The number of quaternary nitrogens is 1. The lowest BCUT2D eigenvalue weighted by atomic mass is 9.73. The molecule has 1 atom stereocenters. The van der Waals surface area contributed by atoms with Crippen molar-refractivity contribution in [2.45, 2.75) is 128 Å². The van der Waals surface area contributed by atoms with Gasteiger partial charge in [-0.05, 0) is 65.4 Å². The molecule has 0 saturated carbocycles. The molecule has 0 spiro atoms. The average Bonchev–Trinajstić information content (AvgIpc) is 2.83. The Morgan fingerprint density at radius 3 is 1.79 bits per heavy atom. The van der Waals surface area contributed by atoms with Gasteiger partial charge in [-0.15, -0.1) is 0 Å². The molecule has 0 bridgehead atoms. The molecule has 1 aromatic rings. The summed E-state index contributed by atoms with van der Waals surface area (Å²) in [6.07, 6.45) is 4.20. The molecule has 242 valence electrons. The third kappa shape index (κ3) is 13.6. The Balaban J connectivity index is 2.90. The molecular weight excluding hydrogens is 526 g/mol. The van der Waals surface area contributed by atoms with Gasteiger partial charge in [-0.1, -0.05) is 78.6 Å². The zero-order valence-electron chi connectivity index (χ0n) is 29.7. The number of nitrogens with zero attached hydrogens (tertiary/aromatic N) is 1. The zero-order chi connectivity index (χ0) is 32.6. The van der Waals surface area contributed by atoms with E-state index in [2.05, 4.69) is 67.8 Å². The summed E-state index contributed by atoms with van der Waals surface area (Å²) in [6, 6.07) is 8.33. The lowest BCUT2D eigenvalue weighted by Gasteiger charge is -2.41. The first-order valence-corrected chi connectivity index (χ1v) is 15.8. The Bertz CT molecular complexity index is 1000. The van der Waals surface area contributed by atoms with Gasteiger partial charge in [-0.3, -0.25) is 9.59 Å². The zero-order valence-corrected chi connectivity index (χ0v) is 29.7. The van der Waals surface area contributed by atoms with Crippen LogP contribution in [-0.4, -0.2) is 55.9 Å². The normalized spacial score (nSPS) is 14.8. The van der Waals surface area contributed by atoms with Gasteiger partial charge in [0.2, 0.25) is 0 Å². The van der Waals surface area contributed by atoms with Gasteiger partial charge in [0, 0.05) is 11.0 Å². The van der Waals surface area contributed by atoms with Gasteiger partial charge in [-0.25, -0.2) is 0 Å². The summed E-state index contributed by atoms with van der Waals surface area (Å²) in [5.41, 5.74) is 0.574. The highest BCUT2D eigenvalue weighted by atomic mass is 16.6. The van der Waals surface area contributed by atoms with Crippen molar-refractivity contribution in [2.24, 2.45) is 21.7 Å². The number of esters is 2. The summed E-state index contributed by atoms with van der Waals surface area (Å²) in [5.74, 6) is -0.792. The minimum atomic E-state index is -1.12. The van der Waals surface area contributed by atoms with E-state index < -0.39 is 22.4 Å². The molecule has 1 rings (SSSR count). The summed E-state index contributed by atoms with van der Waals surface area (Å²) < 4.78 is 18.4. The molecule has 0 amide bonds. The number of hydrogen-bond donors (Lipinski definition) is 0. The summed E-state index contributed by atoms with van der Waals surface area (Å²) in [5, 5.41) is 0. The monoisotopic (exact) mass is 590 g/mol. The molecule has 0 N–H and O–H groups in total. The molecule has 0 radical (unpaired) electrons. The van der Waals surface area contributed by atoms with Gasteiger partial charge >= 0.3 is 11.9 Å². The van der Waals surface area contributed by atoms with Crippen LogP contribution in [0.15, 0.2) is 24.3 Å². The van der Waals surface area contributed by atoms with E-state index in [-0.39, 0.29) is 31.2 Å². The highest BCUT2D eigenvalue weighted by Crippen LogP contribution is 2.37. The van der Waals surface area contributed by atoms with Gasteiger partial charge in [0.05, 0.1) is 38.3 Å². The van der Waals surface area contributed by atoms with E-state index in [9.17, 15) is 9.59 Å². The van der Waals surface area contributed by atoms with Crippen molar-refractivity contribution in [3.63, 3.8) is 0 Å². The van der Waals surface area contributed by atoms with Crippen LogP contribution < -0.4 is 0 Å². The Morgan fingerprint density at radius 1 is 0.738 bits per heavy atom. The smallest absolute Gasteiger partial charge is 0.317 e. The van der Waals surface area contributed by atoms with Crippen LogP contribution in [0.1, 0.15) is 120 Å². The molecule has 0 aliphatic heterocycles. The maximum atomic E-state index is 13.4. The Labute approximate surface area is 258 Å². The largest absolute Gasteiger partial charge is 0.464 e. The van der Waals surface area contributed by atoms with Crippen LogP contribution in [0.5, 0.6) is 0 Å². The molecule has 0 saturated heterocycles. The second-order valence-electron chi connectivity index (χ2n) is 16.7. The first-order valence-electron chi connectivity index (χ1n) is 15.8. The quantitative estimate of drug-likeness (QED) is 0.135. The van der Waals surface area contributed by atoms with Crippen molar-refractivity contribution in [1.82, 2.24) is 0 Å². The number of ether oxygens (including phenoxy) is 3. The second kappa shape index (κ2) is 14.7. The Hall–Kier alpha value is -1.92. The standard InChI is InChI=1S/C36H64NO5/c1-15-21-35(10,11)42-27-36(12,26-41-30(38)32(3,4)5)31(39)40-23-29-19-17-28(18-20-29)22-37(13,14)25-34(8,9)24-33(6,7)16-2/h17-20H,15-16,21-27H2,1-14H3/q+1. The number of hydrogen-bond acceptors (Lipinski definition) is 5. The van der Waals surface area contributed by atoms with Crippen LogP contribution >= 0.6 is 0 Å². The SMILES string of the molecule is CCCC(C)(C)OCC(C)(COC(=O)C(C)(C)C)C(=O)OCc1ccc(C[N+](C)(C)CC(C)(C)CC(C)(C)CC)cc1. The molecule has 0 aliphatic carbocycles. The maximum absolute atomic E-state index is 13.4. The predicted molar refractivity (Wildman–Crippen MR) is 173 cm³/mol. The summed E-state index contributed by atoms with van der Waals surface area (Å²) in [4.78, 5) is 25.9. The van der Waals surface area contributed by atoms with E-state index in [1.54, 1.807) is 27.7 Å². The van der Waals surface area contributed by atoms with Crippen LogP contribution in [0.2, 0.25) is 0 Å². The van der Waals surface area contributed by atoms with Crippen LogP contribution in [0, 0.1) is 21.7 Å². The van der Waals surface area contributed by atoms with Crippen molar-refractivity contribution in [2.75, 3.05) is 33.9 Å². The molecule has 0 aromatic heterocycles. The fourth-order valence-corrected chi connectivity index (χ4v) is 5.88. The van der Waals surface area contributed by atoms with Gasteiger partial charge in [0.25, 0.3) is 0 Å². The summed E-state index contributed by atoms with van der Waals surface area (Å²) in [6.45, 7) is 27.2. The van der Waals surface area contributed by atoms with E-state index >= 15 is 0 Å². The molecule has 6 nitrogen and oxygen atoms in total. The topological polar surface area (TPSA) is 61.8 Å². The summed E-state index contributed by atoms with van der Waals surface area (Å²) in [7, 11) is 4.60. The lowest BCUT2D eigenvalue weighted by molar-refractivity contribution is -0.909. The highest BCUT2D eigenvalue weighted by molar-refractivity contribution is 5.79. The van der Waals surface area contributed by atoms with Crippen molar-refractivity contribution in [1.29, 1.82) is 0 Å². The lowest BCUT2D eigenvalue weighted by Crippen LogP contribution is -2.46. The molecular formula is C36H64NO5+. The first kappa shape index (κ1) is 38.1. The minimum absolute atomic E-state index is 0.0954. The number of carbonyl (C=O) groups excluding carboxylic acids is 2. The number of rotatable bonds is 17. The van der Waals surface area contributed by atoms with E-state index in [0.29, 0.717) is 5.41 Å². The van der Waals surface area contributed by atoms with Gasteiger partial charge in [0.15, 0.2) is 0 Å². The maximum Gasteiger partial charge on any atom is 0.317 e. The third-order valence-corrected chi connectivity index (χ3v) is 8.03.